The largest absolute Gasteiger partial charge is 0.483 e. The Morgan fingerprint density at radius 3 is 2.90 bits per heavy atom. The molecule has 1 aromatic rings. The Kier molecular flexibility index (Phi) is 5.43. The fourth-order valence-electron chi connectivity index (χ4n) is 1.92. The fourth-order valence-corrected chi connectivity index (χ4v) is 2.26. The van der Waals surface area contributed by atoms with Crippen molar-refractivity contribution >= 4 is 21.8 Å². The molecule has 1 amide bonds. The van der Waals surface area contributed by atoms with Crippen LogP contribution in [0.15, 0.2) is 22.7 Å². The number of hydrogen-bond donors (Lipinski definition) is 2. The molecule has 20 heavy (non-hydrogen) atoms. The minimum Gasteiger partial charge on any atom is -0.483 e. The highest BCUT2D eigenvalue weighted by molar-refractivity contribution is 9.10. The molecule has 0 spiro atoms. The Morgan fingerprint density at radius 2 is 2.25 bits per heavy atom. The zero-order chi connectivity index (χ0) is 14.5. The third-order valence-corrected chi connectivity index (χ3v) is 4.01. The van der Waals surface area contributed by atoms with Crippen LogP contribution in [-0.2, 0) is 4.79 Å². The van der Waals surface area contributed by atoms with Crippen LogP contribution in [0, 0.1) is 5.92 Å². The lowest BCUT2D eigenvalue weighted by atomic mass is 10.1. The van der Waals surface area contributed by atoms with Crippen LogP contribution in [0.3, 0.4) is 0 Å². The van der Waals surface area contributed by atoms with E-state index in [9.17, 15) is 4.79 Å². The normalized spacial score (nSPS) is 15.8. The molecule has 0 aliphatic heterocycles. The molecular formula is C15H21BrN2O2. The van der Waals surface area contributed by atoms with E-state index in [4.69, 9.17) is 4.74 Å². The molecule has 110 valence electrons. The van der Waals surface area contributed by atoms with Gasteiger partial charge in [-0.15, -0.1) is 0 Å². The standard InChI is InChI=1S/C15H21BrN2O2/c1-10(17-2)13-6-5-12(16)7-14(13)20-9-15(19)18-8-11-3-4-11/h5-7,10-11,17H,3-4,8-9H2,1-2H3,(H,18,19). The van der Waals surface area contributed by atoms with Gasteiger partial charge in [0.05, 0.1) is 0 Å². The first-order valence-electron chi connectivity index (χ1n) is 6.96. The predicted molar refractivity (Wildman–Crippen MR) is 82.8 cm³/mol. The first kappa shape index (κ1) is 15.3. The van der Waals surface area contributed by atoms with Gasteiger partial charge in [0.1, 0.15) is 5.75 Å². The van der Waals surface area contributed by atoms with E-state index in [1.54, 1.807) is 0 Å². The minimum atomic E-state index is -0.0556. The quantitative estimate of drug-likeness (QED) is 0.802. The molecule has 1 aromatic carbocycles. The van der Waals surface area contributed by atoms with E-state index in [2.05, 4.69) is 33.5 Å². The molecule has 5 heteroatoms. The zero-order valence-electron chi connectivity index (χ0n) is 11.9. The SMILES string of the molecule is CNC(C)c1ccc(Br)cc1OCC(=O)NCC1CC1. The summed E-state index contributed by atoms with van der Waals surface area (Å²) in [5, 5.41) is 6.08. The number of benzene rings is 1. The van der Waals surface area contributed by atoms with Crippen molar-refractivity contribution in [3.63, 3.8) is 0 Å². The number of rotatable bonds is 7. The third kappa shape index (κ3) is 4.49. The van der Waals surface area contributed by atoms with Crippen LogP contribution in [0.5, 0.6) is 5.75 Å². The summed E-state index contributed by atoms with van der Waals surface area (Å²) in [4.78, 5) is 11.7. The Bertz CT molecular complexity index is 475. The van der Waals surface area contributed by atoms with Gasteiger partial charge >= 0.3 is 0 Å². The Hall–Kier alpha value is -1.07. The fraction of sp³-hybridized carbons (Fsp3) is 0.533. The lowest BCUT2D eigenvalue weighted by Crippen LogP contribution is -2.30. The highest BCUT2D eigenvalue weighted by Gasteiger charge is 2.21. The van der Waals surface area contributed by atoms with Crippen LogP contribution in [0.25, 0.3) is 0 Å². The van der Waals surface area contributed by atoms with E-state index in [-0.39, 0.29) is 18.6 Å². The molecule has 0 aromatic heterocycles. The summed E-state index contributed by atoms with van der Waals surface area (Å²) in [7, 11) is 1.90. The minimum absolute atomic E-state index is 0.0556. The predicted octanol–water partition coefficient (Wildman–Crippen LogP) is 2.63. The Labute approximate surface area is 128 Å². The van der Waals surface area contributed by atoms with E-state index < -0.39 is 0 Å². The van der Waals surface area contributed by atoms with Gasteiger partial charge in [-0.1, -0.05) is 22.0 Å². The van der Waals surface area contributed by atoms with Crippen LogP contribution in [0.4, 0.5) is 0 Å². The molecule has 1 aliphatic rings. The van der Waals surface area contributed by atoms with E-state index in [0.29, 0.717) is 5.92 Å². The van der Waals surface area contributed by atoms with Gasteiger partial charge in [0.25, 0.3) is 5.91 Å². The summed E-state index contributed by atoms with van der Waals surface area (Å²) < 4.78 is 6.62. The van der Waals surface area contributed by atoms with Crippen molar-refractivity contribution in [1.29, 1.82) is 0 Å². The van der Waals surface area contributed by atoms with E-state index in [1.807, 2.05) is 25.2 Å². The lowest BCUT2D eigenvalue weighted by molar-refractivity contribution is -0.123. The molecule has 1 saturated carbocycles. The summed E-state index contributed by atoms with van der Waals surface area (Å²) in [5.74, 6) is 1.37. The number of carbonyl (C=O) groups is 1. The van der Waals surface area contributed by atoms with Gasteiger partial charge in [0, 0.05) is 22.6 Å². The Balaban J connectivity index is 1.92. The molecule has 0 radical (unpaired) electrons. The van der Waals surface area contributed by atoms with E-state index in [0.717, 1.165) is 22.3 Å². The van der Waals surface area contributed by atoms with Gasteiger partial charge < -0.3 is 15.4 Å². The van der Waals surface area contributed by atoms with E-state index in [1.165, 1.54) is 12.8 Å². The topological polar surface area (TPSA) is 50.4 Å². The summed E-state index contributed by atoms with van der Waals surface area (Å²) in [6.07, 6.45) is 2.47. The van der Waals surface area contributed by atoms with Crippen molar-refractivity contribution < 1.29 is 9.53 Å². The first-order chi connectivity index (χ1) is 9.60. The molecule has 2 rings (SSSR count). The number of ether oxygens (including phenoxy) is 1. The molecule has 1 aliphatic carbocycles. The highest BCUT2D eigenvalue weighted by atomic mass is 79.9. The number of halogens is 1. The average molecular weight is 341 g/mol. The molecule has 4 nitrogen and oxygen atoms in total. The highest BCUT2D eigenvalue weighted by Crippen LogP contribution is 2.29. The molecular weight excluding hydrogens is 320 g/mol. The summed E-state index contributed by atoms with van der Waals surface area (Å²) in [6, 6.07) is 6.05. The van der Waals surface area contributed by atoms with Crippen molar-refractivity contribution in [2.75, 3.05) is 20.2 Å². The van der Waals surface area contributed by atoms with Crippen LogP contribution < -0.4 is 15.4 Å². The monoisotopic (exact) mass is 340 g/mol. The number of hydrogen-bond acceptors (Lipinski definition) is 3. The van der Waals surface area contributed by atoms with Gasteiger partial charge in [-0.3, -0.25) is 4.79 Å². The molecule has 1 unspecified atom stereocenters. The van der Waals surface area contributed by atoms with Crippen molar-refractivity contribution in [3.8, 4) is 5.75 Å². The van der Waals surface area contributed by atoms with Crippen molar-refractivity contribution in [2.45, 2.75) is 25.8 Å². The van der Waals surface area contributed by atoms with Gasteiger partial charge in [-0.25, -0.2) is 0 Å². The summed E-state index contributed by atoms with van der Waals surface area (Å²) in [5.41, 5.74) is 1.05. The van der Waals surface area contributed by atoms with E-state index >= 15 is 0 Å². The van der Waals surface area contributed by atoms with Crippen LogP contribution in [-0.4, -0.2) is 26.1 Å². The number of nitrogens with one attached hydrogen (secondary N) is 2. The number of carbonyl (C=O) groups excluding carboxylic acids is 1. The second kappa shape index (κ2) is 7.09. The van der Waals surface area contributed by atoms with Crippen molar-refractivity contribution in [2.24, 2.45) is 5.92 Å². The summed E-state index contributed by atoms with van der Waals surface area (Å²) in [6.45, 7) is 2.90. The van der Waals surface area contributed by atoms with Crippen LogP contribution in [0.1, 0.15) is 31.4 Å². The smallest absolute Gasteiger partial charge is 0.257 e. The molecule has 0 saturated heterocycles. The van der Waals surface area contributed by atoms with Crippen molar-refractivity contribution in [1.82, 2.24) is 10.6 Å². The maximum absolute atomic E-state index is 11.7. The molecule has 1 atom stereocenters. The van der Waals surface area contributed by atoms with Gasteiger partial charge in [0.2, 0.25) is 0 Å². The van der Waals surface area contributed by atoms with Gasteiger partial charge in [-0.2, -0.15) is 0 Å². The molecule has 0 bridgehead atoms. The zero-order valence-corrected chi connectivity index (χ0v) is 13.5. The van der Waals surface area contributed by atoms with Crippen molar-refractivity contribution in [3.05, 3.63) is 28.2 Å². The van der Waals surface area contributed by atoms with Crippen LogP contribution >= 0.6 is 15.9 Å². The van der Waals surface area contributed by atoms with Gasteiger partial charge in [-0.05, 0) is 44.9 Å². The molecule has 0 heterocycles. The second-order valence-electron chi connectivity index (χ2n) is 5.23. The van der Waals surface area contributed by atoms with Crippen LogP contribution in [0.2, 0.25) is 0 Å². The first-order valence-corrected chi connectivity index (χ1v) is 7.75. The molecule has 2 N–H and O–H groups in total. The summed E-state index contributed by atoms with van der Waals surface area (Å²) >= 11 is 3.43. The maximum Gasteiger partial charge on any atom is 0.257 e. The average Bonchev–Trinajstić information content (AvgIpc) is 3.26. The number of amides is 1. The Morgan fingerprint density at radius 1 is 1.50 bits per heavy atom. The lowest BCUT2D eigenvalue weighted by Gasteiger charge is -2.16. The maximum atomic E-state index is 11.7. The second-order valence-corrected chi connectivity index (χ2v) is 6.14. The molecule has 1 fully saturated rings. The van der Waals surface area contributed by atoms with Gasteiger partial charge in [0.15, 0.2) is 6.61 Å². The third-order valence-electron chi connectivity index (χ3n) is 3.52.